The average Bonchev–Trinajstić information content (AvgIpc) is 3.19. The molecule has 0 spiro atoms. The molecule has 24 heavy (non-hydrogen) atoms. The van der Waals surface area contributed by atoms with E-state index >= 15 is 0 Å². The molecular formula is C15H12F2N4OS2. The highest BCUT2D eigenvalue weighted by molar-refractivity contribution is 8.00. The van der Waals surface area contributed by atoms with Crippen LogP contribution in [0.25, 0.3) is 11.4 Å². The van der Waals surface area contributed by atoms with Crippen molar-refractivity contribution < 1.29 is 13.6 Å². The van der Waals surface area contributed by atoms with Crippen LogP contribution in [0.15, 0.2) is 52.3 Å². The van der Waals surface area contributed by atoms with Crippen molar-refractivity contribution in [3.05, 3.63) is 47.2 Å². The number of amides is 1. The maximum atomic E-state index is 14.2. The predicted octanol–water partition coefficient (Wildman–Crippen LogP) is 3.87. The van der Waals surface area contributed by atoms with Crippen molar-refractivity contribution in [2.24, 2.45) is 7.05 Å². The molecule has 0 saturated heterocycles. The van der Waals surface area contributed by atoms with Crippen LogP contribution < -0.4 is 5.32 Å². The molecule has 0 aliphatic rings. The van der Waals surface area contributed by atoms with Gasteiger partial charge in [0.15, 0.2) is 11.0 Å². The van der Waals surface area contributed by atoms with Crippen molar-refractivity contribution in [3.8, 4) is 11.4 Å². The van der Waals surface area contributed by atoms with Crippen LogP contribution >= 0.6 is 23.1 Å². The van der Waals surface area contributed by atoms with Crippen molar-refractivity contribution in [1.82, 2.24) is 14.8 Å². The summed E-state index contributed by atoms with van der Waals surface area (Å²) in [6.45, 7) is 0. The summed E-state index contributed by atoms with van der Waals surface area (Å²) < 4.78 is 29.8. The first-order valence-electron chi connectivity index (χ1n) is 6.82. The highest BCUT2D eigenvalue weighted by Crippen LogP contribution is 2.37. The molecule has 2 heterocycles. The lowest BCUT2D eigenvalue weighted by atomic mass is 10.3. The van der Waals surface area contributed by atoms with Gasteiger partial charge in [-0.05, 0) is 35.3 Å². The van der Waals surface area contributed by atoms with E-state index in [-0.39, 0.29) is 16.9 Å². The molecule has 0 aliphatic carbocycles. The second kappa shape index (κ2) is 6.70. The predicted molar refractivity (Wildman–Crippen MR) is 90.2 cm³/mol. The molecule has 0 aliphatic heterocycles. The van der Waals surface area contributed by atoms with E-state index < -0.39 is 11.2 Å². The Balaban J connectivity index is 1.76. The number of hydrogen-bond donors (Lipinski definition) is 1. The van der Waals surface area contributed by atoms with Crippen LogP contribution in [0.2, 0.25) is 0 Å². The molecule has 9 heteroatoms. The zero-order valence-electron chi connectivity index (χ0n) is 12.4. The van der Waals surface area contributed by atoms with Gasteiger partial charge in [0, 0.05) is 23.7 Å². The fourth-order valence-electron chi connectivity index (χ4n) is 1.93. The van der Waals surface area contributed by atoms with Crippen LogP contribution in [0.4, 0.5) is 14.5 Å². The zero-order valence-corrected chi connectivity index (χ0v) is 14.1. The van der Waals surface area contributed by atoms with E-state index in [0.29, 0.717) is 11.5 Å². The highest BCUT2D eigenvalue weighted by Gasteiger charge is 2.42. The molecule has 1 amide bonds. The van der Waals surface area contributed by atoms with Crippen molar-refractivity contribution in [2.45, 2.75) is 10.4 Å². The Morgan fingerprint density at radius 1 is 1.25 bits per heavy atom. The van der Waals surface area contributed by atoms with Gasteiger partial charge in [-0.2, -0.15) is 20.1 Å². The van der Waals surface area contributed by atoms with Crippen LogP contribution in [-0.2, 0) is 11.8 Å². The lowest BCUT2D eigenvalue weighted by molar-refractivity contribution is -0.129. The van der Waals surface area contributed by atoms with Crippen molar-refractivity contribution in [2.75, 3.05) is 5.32 Å². The molecule has 3 aromatic rings. The Labute approximate surface area is 144 Å². The molecule has 0 fully saturated rings. The number of rotatable bonds is 5. The third-order valence-electron chi connectivity index (χ3n) is 3.13. The molecule has 0 atom stereocenters. The smallest absolute Gasteiger partial charge is 0.320 e. The Bertz CT molecular complexity index is 835. The average molecular weight is 366 g/mol. The van der Waals surface area contributed by atoms with E-state index in [1.54, 1.807) is 25.2 Å². The molecular weight excluding hydrogens is 354 g/mol. The highest BCUT2D eigenvalue weighted by atomic mass is 32.2. The normalized spacial score (nSPS) is 11.5. The molecule has 5 nitrogen and oxygen atoms in total. The van der Waals surface area contributed by atoms with Gasteiger partial charge in [-0.25, -0.2) is 0 Å². The first kappa shape index (κ1) is 16.6. The number of alkyl halides is 2. The molecule has 0 saturated carbocycles. The standard InChI is InChI=1S/C15H12F2N4OS2/c1-21-12(10-7-8-23-9-10)19-20-14(21)24-15(16,17)13(22)18-11-5-3-2-4-6-11/h2-9H,1H3,(H,18,22). The van der Waals surface area contributed by atoms with Gasteiger partial charge in [0.1, 0.15) is 0 Å². The molecule has 0 radical (unpaired) electrons. The second-order valence-electron chi connectivity index (χ2n) is 4.82. The molecule has 0 bridgehead atoms. The number of benzene rings is 1. The maximum absolute atomic E-state index is 14.2. The fraction of sp³-hybridized carbons (Fsp3) is 0.133. The molecule has 1 aromatic carbocycles. The number of hydrogen-bond acceptors (Lipinski definition) is 5. The van der Waals surface area contributed by atoms with Gasteiger partial charge in [0.2, 0.25) is 0 Å². The maximum Gasteiger partial charge on any atom is 0.378 e. The first-order chi connectivity index (χ1) is 11.5. The summed E-state index contributed by atoms with van der Waals surface area (Å²) in [5.41, 5.74) is 1.10. The largest absolute Gasteiger partial charge is 0.378 e. The Morgan fingerprint density at radius 2 is 2.00 bits per heavy atom. The quantitative estimate of drug-likeness (QED) is 0.697. The molecule has 124 valence electrons. The number of nitrogens with one attached hydrogen (secondary N) is 1. The Hall–Kier alpha value is -2.26. The third kappa shape index (κ3) is 3.46. The second-order valence-corrected chi connectivity index (χ2v) is 6.68. The van der Waals surface area contributed by atoms with Crippen molar-refractivity contribution in [3.63, 3.8) is 0 Å². The Kier molecular flexibility index (Phi) is 4.63. The number of para-hydroxylation sites is 1. The van der Waals surface area contributed by atoms with Crippen LogP contribution in [0, 0.1) is 0 Å². The number of nitrogens with zero attached hydrogens (tertiary/aromatic N) is 3. The van der Waals surface area contributed by atoms with E-state index in [0.717, 1.165) is 5.56 Å². The number of thiophene rings is 1. The Morgan fingerprint density at radius 3 is 2.67 bits per heavy atom. The SMILES string of the molecule is Cn1c(SC(F)(F)C(=O)Nc2ccccc2)nnc1-c1ccsc1. The minimum absolute atomic E-state index is 0.0376. The van der Waals surface area contributed by atoms with Gasteiger partial charge in [0.05, 0.1) is 0 Å². The van der Waals surface area contributed by atoms with Crippen LogP contribution in [0.3, 0.4) is 0 Å². The van der Waals surface area contributed by atoms with Gasteiger partial charge < -0.3 is 9.88 Å². The van der Waals surface area contributed by atoms with Gasteiger partial charge in [-0.3, -0.25) is 4.79 Å². The monoisotopic (exact) mass is 366 g/mol. The summed E-state index contributed by atoms with van der Waals surface area (Å²) in [5.74, 6) is -0.934. The van der Waals surface area contributed by atoms with E-state index in [1.165, 1.54) is 28.0 Å². The number of thioether (sulfide) groups is 1. The van der Waals surface area contributed by atoms with Crippen LogP contribution in [0.1, 0.15) is 0 Å². The molecule has 1 N–H and O–H groups in total. The van der Waals surface area contributed by atoms with Gasteiger partial charge >= 0.3 is 11.2 Å². The van der Waals surface area contributed by atoms with E-state index in [9.17, 15) is 13.6 Å². The fourth-order valence-corrected chi connectivity index (χ4v) is 3.25. The minimum Gasteiger partial charge on any atom is -0.320 e. The summed E-state index contributed by atoms with van der Waals surface area (Å²) in [6.07, 6.45) is 0. The zero-order chi connectivity index (χ0) is 17.2. The van der Waals surface area contributed by atoms with Crippen molar-refractivity contribution in [1.29, 1.82) is 0 Å². The van der Waals surface area contributed by atoms with Crippen molar-refractivity contribution >= 4 is 34.7 Å². The number of carbonyl (C=O) groups is 1. The molecule has 2 aromatic heterocycles. The summed E-state index contributed by atoms with van der Waals surface area (Å²) >= 11 is 1.54. The number of carbonyl (C=O) groups excluding carboxylic acids is 1. The molecule has 0 unspecified atom stereocenters. The summed E-state index contributed by atoms with van der Waals surface area (Å²) in [7, 11) is 1.58. The first-order valence-corrected chi connectivity index (χ1v) is 8.58. The number of aromatic nitrogens is 3. The van der Waals surface area contributed by atoms with E-state index in [1.807, 2.05) is 16.8 Å². The minimum atomic E-state index is -3.68. The van der Waals surface area contributed by atoms with Gasteiger partial charge in [-0.15, -0.1) is 10.2 Å². The van der Waals surface area contributed by atoms with Gasteiger partial charge in [0.25, 0.3) is 0 Å². The third-order valence-corrected chi connectivity index (χ3v) is 4.79. The number of anilines is 1. The lowest BCUT2D eigenvalue weighted by Gasteiger charge is -2.14. The van der Waals surface area contributed by atoms with E-state index in [4.69, 9.17) is 0 Å². The van der Waals surface area contributed by atoms with Gasteiger partial charge in [-0.1, -0.05) is 18.2 Å². The summed E-state index contributed by atoms with van der Waals surface area (Å²) in [4.78, 5) is 11.8. The van der Waals surface area contributed by atoms with Crippen LogP contribution in [0.5, 0.6) is 0 Å². The number of halogens is 2. The van der Waals surface area contributed by atoms with E-state index in [2.05, 4.69) is 15.5 Å². The lowest BCUT2D eigenvalue weighted by Crippen LogP contribution is -2.31. The summed E-state index contributed by atoms with van der Waals surface area (Å²) in [5, 5.41) is 9.87. The molecule has 3 rings (SSSR count). The van der Waals surface area contributed by atoms with Crippen LogP contribution in [-0.4, -0.2) is 25.9 Å². The summed E-state index contributed by atoms with van der Waals surface area (Å²) in [6, 6.07) is 9.93. The topological polar surface area (TPSA) is 59.8 Å².